The van der Waals surface area contributed by atoms with E-state index in [0.717, 1.165) is 21.3 Å². The van der Waals surface area contributed by atoms with Crippen molar-refractivity contribution >= 4 is 26.7 Å². The number of nitrogens with two attached hydrogens (primary N) is 1. The summed E-state index contributed by atoms with van der Waals surface area (Å²) in [7, 11) is 0. The van der Waals surface area contributed by atoms with Gasteiger partial charge in [0.05, 0.1) is 10.2 Å². The van der Waals surface area contributed by atoms with Gasteiger partial charge >= 0.3 is 0 Å². The molecule has 4 rings (SSSR count). The van der Waals surface area contributed by atoms with Gasteiger partial charge in [-0.3, -0.25) is 4.98 Å². The Kier molecular flexibility index (Phi) is 2.65. The van der Waals surface area contributed by atoms with Gasteiger partial charge in [-0.2, -0.15) is 4.98 Å². The number of nitrogen functional groups attached to an aromatic ring is 1. The predicted molar refractivity (Wildman–Crippen MR) is 80.6 cm³/mol. The minimum atomic E-state index is 0.454. The second kappa shape index (κ2) is 4.64. The van der Waals surface area contributed by atoms with Crippen molar-refractivity contribution in [3.63, 3.8) is 0 Å². The molecular formula is C14H9N5OS. The molecule has 0 bridgehead atoms. The van der Waals surface area contributed by atoms with E-state index in [-0.39, 0.29) is 0 Å². The Morgan fingerprint density at radius 2 is 1.86 bits per heavy atom. The Bertz CT molecular complexity index is 915. The first kappa shape index (κ1) is 12.0. The smallest absolute Gasteiger partial charge is 0.258 e. The van der Waals surface area contributed by atoms with E-state index in [0.29, 0.717) is 16.8 Å². The first-order valence-electron chi connectivity index (χ1n) is 6.20. The molecule has 0 atom stereocenters. The lowest BCUT2D eigenvalue weighted by molar-refractivity contribution is 0.432. The predicted octanol–water partition coefficient (Wildman–Crippen LogP) is 2.99. The highest BCUT2D eigenvalue weighted by Gasteiger charge is 2.12. The van der Waals surface area contributed by atoms with Crippen molar-refractivity contribution in [3.05, 3.63) is 42.7 Å². The lowest BCUT2D eigenvalue weighted by Crippen LogP contribution is -1.82. The topological polar surface area (TPSA) is 90.7 Å². The molecule has 4 aromatic rings. The van der Waals surface area contributed by atoms with Gasteiger partial charge in [-0.1, -0.05) is 16.5 Å². The number of nitrogens with zero attached hydrogens (tertiary/aromatic N) is 4. The number of benzene rings is 1. The van der Waals surface area contributed by atoms with Gasteiger partial charge in [-0.15, -0.1) is 0 Å². The molecule has 2 N–H and O–H groups in total. The fourth-order valence-electron chi connectivity index (χ4n) is 2.04. The number of rotatable bonds is 2. The van der Waals surface area contributed by atoms with Crippen LogP contribution in [0.2, 0.25) is 0 Å². The Hall–Kier alpha value is -2.80. The highest BCUT2D eigenvalue weighted by atomic mass is 32.1. The highest BCUT2D eigenvalue weighted by Crippen LogP contribution is 2.29. The lowest BCUT2D eigenvalue weighted by atomic mass is 10.2. The number of pyridine rings is 1. The molecule has 0 amide bonds. The maximum Gasteiger partial charge on any atom is 0.258 e. The van der Waals surface area contributed by atoms with E-state index < -0.39 is 0 Å². The summed E-state index contributed by atoms with van der Waals surface area (Å²) in [5, 5.41) is 4.54. The molecule has 0 aliphatic carbocycles. The Balaban J connectivity index is 1.77. The number of anilines is 1. The van der Waals surface area contributed by atoms with Crippen LogP contribution in [0.3, 0.4) is 0 Å². The van der Waals surface area contributed by atoms with Gasteiger partial charge in [0.25, 0.3) is 5.89 Å². The number of hydrogen-bond acceptors (Lipinski definition) is 7. The van der Waals surface area contributed by atoms with Crippen molar-refractivity contribution in [1.82, 2.24) is 20.1 Å². The minimum absolute atomic E-state index is 0.454. The third-order valence-electron chi connectivity index (χ3n) is 3.02. The van der Waals surface area contributed by atoms with Crippen LogP contribution >= 0.6 is 11.3 Å². The molecule has 3 heterocycles. The quantitative estimate of drug-likeness (QED) is 0.611. The van der Waals surface area contributed by atoms with E-state index in [4.69, 9.17) is 10.3 Å². The Labute approximate surface area is 123 Å². The molecule has 0 spiro atoms. The van der Waals surface area contributed by atoms with Crippen LogP contribution in [0.15, 0.2) is 47.2 Å². The summed E-state index contributed by atoms with van der Waals surface area (Å²) in [5.74, 6) is 0.987. The van der Waals surface area contributed by atoms with Crippen LogP contribution in [0.1, 0.15) is 0 Å². The van der Waals surface area contributed by atoms with Crippen molar-refractivity contribution in [2.24, 2.45) is 0 Å². The normalized spacial score (nSPS) is 11.0. The molecule has 0 aliphatic heterocycles. The van der Waals surface area contributed by atoms with Crippen molar-refractivity contribution in [2.75, 3.05) is 5.73 Å². The highest BCUT2D eigenvalue weighted by molar-refractivity contribution is 7.22. The average Bonchev–Trinajstić information content (AvgIpc) is 3.12. The molecule has 0 saturated carbocycles. The zero-order valence-electron chi connectivity index (χ0n) is 10.7. The van der Waals surface area contributed by atoms with Gasteiger partial charge in [-0.25, -0.2) is 4.98 Å². The number of fused-ring (bicyclic) bond motifs is 1. The maximum absolute atomic E-state index is 5.71. The number of thiazole rings is 1. The third kappa shape index (κ3) is 2.13. The zero-order chi connectivity index (χ0) is 14.2. The van der Waals surface area contributed by atoms with E-state index in [1.165, 1.54) is 11.3 Å². The zero-order valence-corrected chi connectivity index (χ0v) is 11.5. The van der Waals surface area contributed by atoms with E-state index in [9.17, 15) is 0 Å². The molecule has 6 nitrogen and oxygen atoms in total. The van der Waals surface area contributed by atoms with Gasteiger partial charge in [0.1, 0.15) is 0 Å². The molecule has 0 aliphatic rings. The van der Waals surface area contributed by atoms with Crippen LogP contribution < -0.4 is 5.73 Å². The van der Waals surface area contributed by atoms with Crippen LogP contribution in [0.25, 0.3) is 33.1 Å². The fraction of sp³-hybridized carbons (Fsp3) is 0. The first-order valence-corrected chi connectivity index (χ1v) is 7.02. The summed E-state index contributed by atoms with van der Waals surface area (Å²) < 4.78 is 6.36. The SMILES string of the molecule is Nc1nc2cc(-c3nc(-c4ccncc4)no3)ccc2s1. The number of hydrogen-bond donors (Lipinski definition) is 1. The van der Waals surface area contributed by atoms with Crippen LogP contribution in [0, 0.1) is 0 Å². The maximum atomic E-state index is 5.71. The van der Waals surface area contributed by atoms with E-state index in [1.54, 1.807) is 12.4 Å². The summed E-state index contributed by atoms with van der Waals surface area (Å²) >= 11 is 1.45. The van der Waals surface area contributed by atoms with Gasteiger partial charge in [0, 0.05) is 23.5 Å². The molecule has 0 saturated heterocycles. The third-order valence-corrected chi connectivity index (χ3v) is 3.88. The summed E-state index contributed by atoms with van der Waals surface area (Å²) in [6, 6.07) is 9.43. The average molecular weight is 295 g/mol. The number of aromatic nitrogens is 4. The largest absolute Gasteiger partial charge is 0.375 e. The molecule has 3 aromatic heterocycles. The summed E-state index contributed by atoms with van der Waals surface area (Å²) in [4.78, 5) is 12.6. The summed E-state index contributed by atoms with van der Waals surface area (Å²) in [5.41, 5.74) is 8.22. The molecule has 0 unspecified atom stereocenters. The van der Waals surface area contributed by atoms with Gasteiger partial charge < -0.3 is 10.3 Å². The molecule has 102 valence electrons. The molecule has 0 radical (unpaired) electrons. The van der Waals surface area contributed by atoms with E-state index in [1.807, 2.05) is 30.3 Å². The molecule has 1 aromatic carbocycles. The van der Waals surface area contributed by atoms with E-state index >= 15 is 0 Å². The second-order valence-corrected chi connectivity index (χ2v) is 5.46. The lowest BCUT2D eigenvalue weighted by Gasteiger charge is -1.93. The molecule has 0 fully saturated rings. The molecule has 21 heavy (non-hydrogen) atoms. The van der Waals surface area contributed by atoms with Gasteiger partial charge in [-0.05, 0) is 30.3 Å². The fourth-order valence-corrected chi connectivity index (χ4v) is 2.75. The second-order valence-electron chi connectivity index (χ2n) is 4.39. The minimum Gasteiger partial charge on any atom is -0.375 e. The Morgan fingerprint density at radius 1 is 1.00 bits per heavy atom. The molecule has 7 heteroatoms. The van der Waals surface area contributed by atoms with Crippen LogP contribution in [-0.4, -0.2) is 20.1 Å². The standard InChI is InChI=1S/C14H9N5OS/c15-14-17-10-7-9(1-2-11(10)21-14)13-18-12(19-20-13)8-3-5-16-6-4-8/h1-7H,(H2,15,17). The van der Waals surface area contributed by atoms with Gasteiger partial charge in [0.2, 0.25) is 5.82 Å². The van der Waals surface area contributed by atoms with Crippen LogP contribution in [0.5, 0.6) is 0 Å². The monoisotopic (exact) mass is 295 g/mol. The van der Waals surface area contributed by atoms with Crippen molar-refractivity contribution in [1.29, 1.82) is 0 Å². The van der Waals surface area contributed by atoms with Crippen LogP contribution in [0.4, 0.5) is 5.13 Å². The van der Waals surface area contributed by atoms with Crippen molar-refractivity contribution in [3.8, 4) is 22.8 Å². The first-order chi connectivity index (χ1) is 10.3. The molecular weight excluding hydrogens is 286 g/mol. The van der Waals surface area contributed by atoms with E-state index in [2.05, 4.69) is 20.1 Å². The summed E-state index contributed by atoms with van der Waals surface area (Å²) in [6.45, 7) is 0. The Morgan fingerprint density at radius 3 is 2.71 bits per heavy atom. The van der Waals surface area contributed by atoms with Crippen molar-refractivity contribution < 1.29 is 4.52 Å². The van der Waals surface area contributed by atoms with Crippen molar-refractivity contribution in [2.45, 2.75) is 0 Å². The van der Waals surface area contributed by atoms with Gasteiger partial charge in [0.15, 0.2) is 5.13 Å². The van der Waals surface area contributed by atoms with Crippen LogP contribution in [-0.2, 0) is 0 Å². The summed E-state index contributed by atoms with van der Waals surface area (Å²) in [6.07, 6.45) is 3.38.